The lowest BCUT2D eigenvalue weighted by atomic mass is 9.91. The van der Waals surface area contributed by atoms with Gasteiger partial charge in [-0.2, -0.15) is 0 Å². The molecule has 8 nitrogen and oxygen atoms in total. The van der Waals surface area contributed by atoms with E-state index in [4.69, 9.17) is 4.74 Å². The van der Waals surface area contributed by atoms with E-state index < -0.39 is 16.6 Å². The quantitative estimate of drug-likeness (QED) is 0.220. The monoisotopic (exact) mass is 317 g/mol. The van der Waals surface area contributed by atoms with E-state index in [-0.39, 0.29) is 11.3 Å². The maximum atomic E-state index is 12.3. The van der Waals surface area contributed by atoms with Gasteiger partial charge in [0.15, 0.2) is 0 Å². The van der Waals surface area contributed by atoms with Crippen molar-refractivity contribution in [3.8, 4) is 0 Å². The van der Waals surface area contributed by atoms with Crippen LogP contribution in [0.25, 0.3) is 0 Å². The molecule has 0 bridgehead atoms. The Morgan fingerprint density at radius 3 is 2.83 bits per heavy atom. The predicted molar refractivity (Wildman–Crippen MR) is 79.7 cm³/mol. The number of nitro groups is 1. The van der Waals surface area contributed by atoms with Crippen LogP contribution in [0.1, 0.15) is 30.6 Å². The van der Waals surface area contributed by atoms with Gasteiger partial charge in [0.1, 0.15) is 5.70 Å². The van der Waals surface area contributed by atoms with Crippen LogP contribution in [0.2, 0.25) is 0 Å². The molecule has 1 unspecified atom stereocenters. The van der Waals surface area contributed by atoms with Crippen molar-refractivity contribution in [2.75, 3.05) is 0 Å². The summed E-state index contributed by atoms with van der Waals surface area (Å²) >= 11 is 0. The Bertz CT molecular complexity index is 711. The summed E-state index contributed by atoms with van der Waals surface area (Å²) < 4.78 is 5.20. The lowest BCUT2D eigenvalue weighted by Crippen LogP contribution is -2.49. The van der Waals surface area contributed by atoms with Gasteiger partial charge in [0, 0.05) is 18.5 Å². The Morgan fingerprint density at radius 1 is 1.52 bits per heavy atom. The number of pyridine rings is 1. The summed E-state index contributed by atoms with van der Waals surface area (Å²) in [6.45, 7) is 3.33. The van der Waals surface area contributed by atoms with Crippen LogP contribution in [0.4, 0.5) is 0 Å². The number of ether oxygens (including phenoxy) is 1. The van der Waals surface area contributed by atoms with Gasteiger partial charge >= 0.3 is 11.7 Å². The first-order valence-electron chi connectivity index (χ1n) is 6.77. The minimum absolute atomic E-state index is 0.0552. The summed E-state index contributed by atoms with van der Waals surface area (Å²) in [6.07, 6.45) is 4.71. The third kappa shape index (κ3) is 3.10. The predicted octanol–water partition coefficient (Wildman–Crippen LogP) is 1.58. The number of esters is 1. The van der Waals surface area contributed by atoms with E-state index in [9.17, 15) is 19.7 Å². The van der Waals surface area contributed by atoms with Gasteiger partial charge in [0.05, 0.1) is 10.5 Å². The van der Waals surface area contributed by atoms with Gasteiger partial charge < -0.3 is 10.1 Å². The van der Waals surface area contributed by atoms with Crippen molar-refractivity contribution in [2.24, 2.45) is 0 Å². The molecule has 1 atom stereocenters. The molecule has 0 spiro atoms. The minimum Gasteiger partial charge on any atom is -0.384 e. The molecule has 1 aromatic heterocycles. The van der Waals surface area contributed by atoms with Gasteiger partial charge in [-0.3, -0.25) is 19.9 Å². The molecule has 0 saturated carbocycles. The summed E-state index contributed by atoms with van der Waals surface area (Å²) in [5, 5.41) is 14.0. The van der Waals surface area contributed by atoms with Crippen LogP contribution in [-0.4, -0.2) is 28.0 Å². The van der Waals surface area contributed by atoms with Gasteiger partial charge in [0.2, 0.25) is 6.41 Å². The van der Waals surface area contributed by atoms with Crippen molar-refractivity contribution in [2.45, 2.75) is 26.0 Å². The molecule has 1 aromatic rings. The van der Waals surface area contributed by atoms with E-state index in [0.29, 0.717) is 24.0 Å². The SMILES string of the molecule is CC1=CC(OC(=O)c2cccnc2)([N+](=O)[O-])C(NC=O)=C(C)C1. The number of rotatable bonds is 5. The molecule has 1 aliphatic rings. The van der Waals surface area contributed by atoms with Crippen LogP contribution in [0.3, 0.4) is 0 Å². The Labute approximate surface area is 132 Å². The van der Waals surface area contributed by atoms with E-state index in [0.717, 1.165) is 0 Å². The first-order chi connectivity index (χ1) is 10.9. The molecule has 0 fully saturated rings. The van der Waals surface area contributed by atoms with E-state index in [1.54, 1.807) is 13.8 Å². The Hall–Kier alpha value is -3.03. The van der Waals surface area contributed by atoms with Gasteiger partial charge in [-0.25, -0.2) is 4.79 Å². The van der Waals surface area contributed by atoms with Gasteiger partial charge in [-0.05, 0) is 38.0 Å². The molecule has 2 rings (SSSR count). The molecule has 0 aromatic carbocycles. The first kappa shape index (κ1) is 16.3. The van der Waals surface area contributed by atoms with Crippen molar-refractivity contribution in [3.05, 3.63) is 63.1 Å². The number of carbonyl (C=O) groups is 2. The zero-order chi connectivity index (χ0) is 17.0. The highest BCUT2D eigenvalue weighted by Crippen LogP contribution is 2.34. The highest BCUT2D eigenvalue weighted by Gasteiger charge is 2.52. The number of carbonyl (C=O) groups excluding carboxylic acids is 2. The molecule has 0 radical (unpaired) electrons. The number of allylic oxidation sites excluding steroid dienone is 2. The molecule has 1 amide bonds. The topological polar surface area (TPSA) is 111 Å². The van der Waals surface area contributed by atoms with Crippen molar-refractivity contribution in [3.63, 3.8) is 0 Å². The van der Waals surface area contributed by atoms with Crippen molar-refractivity contribution < 1.29 is 19.2 Å². The number of hydrogen-bond acceptors (Lipinski definition) is 6. The van der Waals surface area contributed by atoms with Gasteiger partial charge in [0.25, 0.3) is 0 Å². The second-order valence-corrected chi connectivity index (χ2v) is 5.17. The lowest BCUT2D eigenvalue weighted by molar-refractivity contribution is -0.592. The number of amides is 1. The van der Waals surface area contributed by atoms with E-state index in [2.05, 4.69) is 10.3 Å². The number of aromatic nitrogens is 1. The summed E-state index contributed by atoms with van der Waals surface area (Å²) in [4.78, 5) is 37.8. The highest BCUT2D eigenvalue weighted by atomic mass is 16.7. The summed E-state index contributed by atoms with van der Waals surface area (Å²) in [5.74, 6) is -0.904. The third-order valence-corrected chi connectivity index (χ3v) is 3.39. The van der Waals surface area contributed by atoms with Crippen LogP contribution in [0.15, 0.2) is 47.4 Å². The molecule has 1 aliphatic carbocycles. The molecule has 1 heterocycles. The molecule has 0 aliphatic heterocycles. The summed E-state index contributed by atoms with van der Waals surface area (Å²) in [7, 11) is 0. The van der Waals surface area contributed by atoms with E-state index in [1.165, 1.54) is 30.6 Å². The number of hydrogen-bond donors (Lipinski definition) is 1. The fourth-order valence-electron chi connectivity index (χ4n) is 2.50. The normalized spacial score (nSPS) is 20.5. The van der Waals surface area contributed by atoms with Crippen LogP contribution in [-0.2, 0) is 9.53 Å². The second-order valence-electron chi connectivity index (χ2n) is 5.17. The molecule has 0 saturated heterocycles. The van der Waals surface area contributed by atoms with Gasteiger partial charge in [-0.15, -0.1) is 0 Å². The zero-order valence-electron chi connectivity index (χ0n) is 12.6. The molecule has 120 valence electrons. The fraction of sp³-hybridized carbons (Fsp3) is 0.267. The van der Waals surface area contributed by atoms with Crippen molar-refractivity contribution >= 4 is 12.4 Å². The average Bonchev–Trinajstić information content (AvgIpc) is 2.51. The molecule has 1 N–H and O–H groups in total. The summed E-state index contributed by atoms with van der Waals surface area (Å²) in [5.41, 5.74) is -1.03. The maximum Gasteiger partial charge on any atom is 0.427 e. The molecule has 23 heavy (non-hydrogen) atoms. The number of nitrogens with one attached hydrogen (secondary N) is 1. The Kier molecular flexibility index (Phi) is 4.54. The number of nitrogens with zero attached hydrogens (tertiary/aromatic N) is 2. The second kappa shape index (κ2) is 6.39. The van der Waals surface area contributed by atoms with Gasteiger partial charge in [-0.1, -0.05) is 5.57 Å². The zero-order valence-corrected chi connectivity index (χ0v) is 12.6. The van der Waals surface area contributed by atoms with Crippen LogP contribution >= 0.6 is 0 Å². The van der Waals surface area contributed by atoms with E-state index >= 15 is 0 Å². The highest BCUT2D eigenvalue weighted by molar-refractivity contribution is 5.89. The first-order valence-corrected chi connectivity index (χ1v) is 6.77. The standard InChI is InChI=1S/C15H15N3O5/c1-10-6-11(2)13(17-9-19)15(7-10,18(21)22)23-14(20)12-4-3-5-16-8-12/h3-5,7-9H,6H2,1-2H3,(H,17,19). The maximum absolute atomic E-state index is 12.3. The average molecular weight is 317 g/mol. The lowest BCUT2D eigenvalue weighted by Gasteiger charge is -2.29. The fourth-order valence-corrected chi connectivity index (χ4v) is 2.50. The smallest absolute Gasteiger partial charge is 0.384 e. The van der Waals surface area contributed by atoms with Crippen LogP contribution in [0, 0.1) is 10.1 Å². The third-order valence-electron chi connectivity index (χ3n) is 3.39. The molecule has 8 heteroatoms. The molecular weight excluding hydrogens is 302 g/mol. The summed E-state index contributed by atoms with van der Waals surface area (Å²) in [6, 6.07) is 2.95. The molecular formula is C15H15N3O5. The van der Waals surface area contributed by atoms with Crippen LogP contribution < -0.4 is 5.32 Å². The largest absolute Gasteiger partial charge is 0.427 e. The Morgan fingerprint density at radius 2 is 2.26 bits per heavy atom. The van der Waals surface area contributed by atoms with Crippen molar-refractivity contribution in [1.82, 2.24) is 10.3 Å². The Balaban J connectivity index is 2.49. The minimum atomic E-state index is -2.26. The van der Waals surface area contributed by atoms with Crippen LogP contribution in [0.5, 0.6) is 0 Å². The van der Waals surface area contributed by atoms with E-state index in [1.807, 2.05) is 0 Å². The van der Waals surface area contributed by atoms with Crippen molar-refractivity contribution in [1.29, 1.82) is 0 Å².